The molecule has 0 saturated heterocycles. The van der Waals surface area contributed by atoms with Crippen LogP contribution in [0.4, 0.5) is 13.2 Å². The van der Waals surface area contributed by atoms with Crippen molar-refractivity contribution < 1.29 is 13.2 Å². The van der Waals surface area contributed by atoms with Crippen molar-refractivity contribution in [2.45, 2.75) is 25.9 Å². The van der Waals surface area contributed by atoms with E-state index in [1.165, 1.54) is 7.05 Å². The average Bonchev–Trinajstić information content (AvgIpc) is 2.30. The third kappa shape index (κ3) is 2.23. The number of hydrogen-bond donors (Lipinski definition) is 0. The number of rotatable bonds is 2. The minimum atomic E-state index is -4.30. The molecule has 0 unspecified atom stereocenters. The van der Waals surface area contributed by atoms with E-state index in [4.69, 9.17) is 0 Å². The van der Waals surface area contributed by atoms with Crippen LogP contribution in [0, 0.1) is 0 Å². The second-order valence-corrected chi connectivity index (χ2v) is 2.89. The fourth-order valence-electron chi connectivity index (χ4n) is 1.17. The van der Waals surface area contributed by atoms with Gasteiger partial charge in [0.05, 0.1) is 5.69 Å². The van der Waals surface area contributed by atoms with Crippen LogP contribution < -0.4 is 0 Å². The lowest BCUT2D eigenvalue weighted by Crippen LogP contribution is -2.11. The molecule has 0 fully saturated rings. The molecule has 0 bridgehead atoms. The van der Waals surface area contributed by atoms with E-state index in [1.54, 1.807) is 0 Å². The van der Waals surface area contributed by atoms with Crippen molar-refractivity contribution in [3.63, 3.8) is 0 Å². The van der Waals surface area contributed by atoms with Crippen molar-refractivity contribution in [1.29, 1.82) is 0 Å². The predicted molar refractivity (Wildman–Crippen MR) is 42.2 cm³/mol. The Bertz CT molecular complexity index is 288. The van der Waals surface area contributed by atoms with E-state index in [-0.39, 0.29) is 0 Å². The first-order valence-corrected chi connectivity index (χ1v) is 4.05. The van der Waals surface area contributed by atoms with E-state index in [0.29, 0.717) is 12.1 Å². The lowest BCUT2D eigenvalue weighted by atomic mass is 10.2. The first-order valence-electron chi connectivity index (χ1n) is 4.05. The Balaban J connectivity index is 2.96. The van der Waals surface area contributed by atoms with Crippen LogP contribution in [0.25, 0.3) is 0 Å². The van der Waals surface area contributed by atoms with Crippen molar-refractivity contribution >= 4 is 0 Å². The first kappa shape index (κ1) is 10.1. The standard InChI is InChI=1S/C8H11F3N2/c1-3-4-6-5-7(8(9,10)11)13(2)12-6/h5H,3-4H2,1-2H3. The van der Waals surface area contributed by atoms with Gasteiger partial charge < -0.3 is 0 Å². The Morgan fingerprint density at radius 2 is 2.08 bits per heavy atom. The first-order chi connectivity index (χ1) is 5.95. The van der Waals surface area contributed by atoms with Crippen molar-refractivity contribution in [1.82, 2.24) is 9.78 Å². The zero-order chi connectivity index (χ0) is 10.1. The minimum Gasteiger partial charge on any atom is -0.263 e. The monoisotopic (exact) mass is 192 g/mol. The van der Waals surface area contributed by atoms with E-state index in [1.807, 2.05) is 6.92 Å². The maximum atomic E-state index is 12.2. The number of halogens is 3. The van der Waals surface area contributed by atoms with E-state index < -0.39 is 11.9 Å². The van der Waals surface area contributed by atoms with Crippen LogP contribution in [0.3, 0.4) is 0 Å². The molecule has 1 rings (SSSR count). The van der Waals surface area contributed by atoms with Gasteiger partial charge in [-0.15, -0.1) is 0 Å². The molecule has 0 aliphatic rings. The summed E-state index contributed by atoms with van der Waals surface area (Å²) in [5, 5.41) is 3.76. The van der Waals surface area contributed by atoms with Crippen LogP contribution in [0.15, 0.2) is 6.07 Å². The van der Waals surface area contributed by atoms with Gasteiger partial charge in [-0.2, -0.15) is 18.3 Å². The molecule has 0 aliphatic heterocycles. The van der Waals surface area contributed by atoms with Crippen molar-refractivity contribution in [2.24, 2.45) is 7.05 Å². The molecular formula is C8H11F3N2. The highest BCUT2D eigenvalue weighted by atomic mass is 19.4. The van der Waals surface area contributed by atoms with Gasteiger partial charge in [0.25, 0.3) is 0 Å². The summed E-state index contributed by atoms with van der Waals surface area (Å²) in [6, 6.07) is 1.10. The van der Waals surface area contributed by atoms with Gasteiger partial charge >= 0.3 is 6.18 Å². The summed E-state index contributed by atoms with van der Waals surface area (Å²) in [5.74, 6) is 0. The fraction of sp³-hybridized carbons (Fsp3) is 0.625. The number of aryl methyl sites for hydroxylation is 2. The summed E-state index contributed by atoms with van der Waals surface area (Å²) in [7, 11) is 1.31. The second-order valence-electron chi connectivity index (χ2n) is 2.89. The molecule has 13 heavy (non-hydrogen) atoms. The fourth-order valence-corrected chi connectivity index (χ4v) is 1.17. The highest BCUT2D eigenvalue weighted by Crippen LogP contribution is 2.29. The predicted octanol–water partition coefficient (Wildman–Crippen LogP) is 2.39. The van der Waals surface area contributed by atoms with Crippen LogP contribution in [-0.2, 0) is 19.6 Å². The molecule has 1 aromatic rings. The maximum Gasteiger partial charge on any atom is 0.433 e. The molecule has 0 spiro atoms. The van der Waals surface area contributed by atoms with Gasteiger partial charge in [-0.3, -0.25) is 4.68 Å². The van der Waals surface area contributed by atoms with Gasteiger partial charge in [-0.1, -0.05) is 13.3 Å². The molecule has 74 valence electrons. The van der Waals surface area contributed by atoms with Crippen LogP contribution in [0.5, 0.6) is 0 Å². The van der Waals surface area contributed by atoms with Crippen molar-refractivity contribution in [3.8, 4) is 0 Å². The highest BCUT2D eigenvalue weighted by Gasteiger charge is 2.34. The molecule has 1 aromatic heterocycles. The van der Waals surface area contributed by atoms with E-state index in [9.17, 15) is 13.2 Å². The van der Waals surface area contributed by atoms with Crippen LogP contribution in [0.2, 0.25) is 0 Å². The van der Waals surface area contributed by atoms with Gasteiger partial charge in [-0.05, 0) is 12.5 Å². The lowest BCUT2D eigenvalue weighted by molar-refractivity contribution is -0.143. The molecular weight excluding hydrogens is 181 g/mol. The molecule has 0 amide bonds. The molecule has 0 saturated carbocycles. The molecule has 0 aromatic carbocycles. The largest absolute Gasteiger partial charge is 0.433 e. The molecule has 2 nitrogen and oxygen atoms in total. The summed E-state index contributed by atoms with van der Waals surface area (Å²) in [5.41, 5.74) is -0.187. The molecule has 0 N–H and O–H groups in total. The number of nitrogens with zero attached hydrogens (tertiary/aromatic N) is 2. The van der Waals surface area contributed by atoms with Crippen molar-refractivity contribution in [2.75, 3.05) is 0 Å². The van der Waals surface area contributed by atoms with Gasteiger partial charge in [-0.25, -0.2) is 0 Å². The maximum absolute atomic E-state index is 12.2. The summed E-state index contributed by atoms with van der Waals surface area (Å²) in [6.45, 7) is 1.90. The molecule has 1 heterocycles. The number of aromatic nitrogens is 2. The summed E-state index contributed by atoms with van der Waals surface area (Å²) < 4.78 is 37.6. The lowest BCUT2D eigenvalue weighted by Gasteiger charge is -2.04. The molecule has 5 heteroatoms. The van der Waals surface area contributed by atoms with Crippen LogP contribution >= 0.6 is 0 Å². The zero-order valence-corrected chi connectivity index (χ0v) is 7.52. The average molecular weight is 192 g/mol. The summed E-state index contributed by atoms with van der Waals surface area (Å²) in [6.07, 6.45) is -2.91. The second kappa shape index (κ2) is 3.40. The number of alkyl halides is 3. The summed E-state index contributed by atoms with van der Waals surface area (Å²) in [4.78, 5) is 0. The third-order valence-electron chi connectivity index (χ3n) is 1.73. The Hall–Kier alpha value is -1.00. The third-order valence-corrected chi connectivity index (χ3v) is 1.73. The Kier molecular flexibility index (Phi) is 2.63. The van der Waals surface area contributed by atoms with Gasteiger partial charge in [0, 0.05) is 7.05 Å². The Morgan fingerprint density at radius 1 is 1.46 bits per heavy atom. The molecule has 0 radical (unpaired) electrons. The van der Waals surface area contributed by atoms with E-state index in [2.05, 4.69) is 5.10 Å². The Labute approximate surface area is 74.4 Å². The Morgan fingerprint density at radius 3 is 2.46 bits per heavy atom. The highest BCUT2D eigenvalue weighted by molar-refractivity contribution is 5.13. The normalized spacial score (nSPS) is 12.1. The smallest absolute Gasteiger partial charge is 0.263 e. The number of hydrogen-bond acceptors (Lipinski definition) is 1. The van der Waals surface area contributed by atoms with Gasteiger partial charge in [0.2, 0.25) is 0 Å². The van der Waals surface area contributed by atoms with Gasteiger partial charge in [0.15, 0.2) is 0 Å². The van der Waals surface area contributed by atoms with Crippen LogP contribution in [-0.4, -0.2) is 9.78 Å². The zero-order valence-electron chi connectivity index (χ0n) is 7.52. The topological polar surface area (TPSA) is 17.8 Å². The molecule has 0 aliphatic carbocycles. The molecule has 0 atom stereocenters. The minimum absolute atomic E-state index is 0.498. The van der Waals surface area contributed by atoms with E-state index >= 15 is 0 Å². The SMILES string of the molecule is CCCc1cc(C(F)(F)F)n(C)n1. The quantitative estimate of drug-likeness (QED) is 0.703. The van der Waals surface area contributed by atoms with Gasteiger partial charge in [0.1, 0.15) is 5.69 Å². The van der Waals surface area contributed by atoms with Crippen LogP contribution in [0.1, 0.15) is 24.7 Å². The van der Waals surface area contributed by atoms with E-state index in [0.717, 1.165) is 17.2 Å². The van der Waals surface area contributed by atoms with Crippen molar-refractivity contribution in [3.05, 3.63) is 17.5 Å². The summed E-state index contributed by atoms with van der Waals surface area (Å²) >= 11 is 0.